The van der Waals surface area contributed by atoms with Crippen LogP contribution in [0.2, 0.25) is 0 Å². The molecule has 0 saturated heterocycles. The van der Waals surface area contributed by atoms with Crippen molar-refractivity contribution < 1.29 is 5.11 Å². The minimum absolute atomic E-state index is 0.233. The van der Waals surface area contributed by atoms with Crippen LogP contribution in [0, 0.1) is 0 Å². The van der Waals surface area contributed by atoms with Crippen molar-refractivity contribution in [3.63, 3.8) is 0 Å². The number of fused-ring (bicyclic) bond motifs is 3. The molecular formula is C15H10BrN3O. The lowest BCUT2D eigenvalue weighted by Crippen LogP contribution is -1.84. The van der Waals surface area contributed by atoms with E-state index in [1.54, 1.807) is 12.3 Å². The molecule has 4 nitrogen and oxygen atoms in total. The van der Waals surface area contributed by atoms with Gasteiger partial charge in [0.05, 0.1) is 15.7 Å². The van der Waals surface area contributed by atoms with Gasteiger partial charge in [0.25, 0.3) is 0 Å². The van der Waals surface area contributed by atoms with Gasteiger partial charge in [-0.25, -0.2) is 0 Å². The number of aromatic nitrogens is 3. The fraction of sp³-hybridized carbons (Fsp3) is 0. The van der Waals surface area contributed by atoms with Crippen LogP contribution in [0.5, 0.6) is 5.75 Å². The highest BCUT2D eigenvalue weighted by atomic mass is 79.9. The highest BCUT2D eigenvalue weighted by molar-refractivity contribution is 9.10. The van der Waals surface area contributed by atoms with Crippen molar-refractivity contribution in [1.29, 1.82) is 0 Å². The highest BCUT2D eigenvalue weighted by Crippen LogP contribution is 2.35. The molecule has 4 rings (SSSR count). The Morgan fingerprint density at radius 3 is 2.85 bits per heavy atom. The second-order valence-corrected chi connectivity index (χ2v) is 5.49. The zero-order chi connectivity index (χ0) is 13.7. The number of nitrogens with one attached hydrogen (secondary N) is 2. The second-order valence-electron chi connectivity index (χ2n) is 4.64. The number of aromatic hydroxyl groups is 1. The molecule has 0 unspecified atom stereocenters. The summed E-state index contributed by atoms with van der Waals surface area (Å²) >= 11 is 3.34. The van der Waals surface area contributed by atoms with Crippen LogP contribution in [0.3, 0.4) is 0 Å². The van der Waals surface area contributed by atoms with E-state index in [1.165, 1.54) is 0 Å². The number of pyridine rings is 1. The molecule has 0 atom stereocenters. The first-order valence-electron chi connectivity index (χ1n) is 6.17. The Hall–Kier alpha value is -2.27. The van der Waals surface area contributed by atoms with Crippen LogP contribution in [-0.4, -0.2) is 20.1 Å². The number of hydrogen-bond acceptors (Lipinski definition) is 2. The predicted molar refractivity (Wildman–Crippen MR) is 82.8 cm³/mol. The summed E-state index contributed by atoms with van der Waals surface area (Å²) in [6.45, 7) is 0. The summed E-state index contributed by atoms with van der Waals surface area (Å²) in [6.07, 6.45) is 3.66. The van der Waals surface area contributed by atoms with Crippen LogP contribution in [0.4, 0.5) is 0 Å². The number of aromatic amines is 2. The molecule has 0 aliphatic rings. The van der Waals surface area contributed by atoms with Crippen LogP contribution in [0.15, 0.2) is 47.2 Å². The van der Waals surface area contributed by atoms with Gasteiger partial charge in [-0.05, 0) is 46.3 Å². The minimum atomic E-state index is 0.233. The van der Waals surface area contributed by atoms with Crippen LogP contribution in [-0.2, 0) is 0 Å². The Morgan fingerprint density at radius 1 is 1.15 bits per heavy atom. The zero-order valence-corrected chi connectivity index (χ0v) is 11.9. The molecule has 5 heteroatoms. The van der Waals surface area contributed by atoms with Crippen molar-refractivity contribution in [2.75, 3.05) is 0 Å². The first-order chi connectivity index (χ1) is 9.74. The molecule has 0 saturated carbocycles. The molecule has 20 heavy (non-hydrogen) atoms. The van der Waals surface area contributed by atoms with Gasteiger partial charge in [0, 0.05) is 28.7 Å². The monoisotopic (exact) mass is 327 g/mol. The molecule has 0 bridgehead atoms. The molecule has 0 radical (unpaired) electrons. The third-order valence-corrected chi connectivity index (χ3v) is 4.08. The van der Waals surface area contributed by atoms with E-state index in [0.29, 0.717) is 4.47 Å². The molecule has 0 spiro atoms. The average molecular weight is 328 g/mol. The Kier molecular flexibility index (Phi) is 2.37. The van der Waals surface area contributed by atoms with Gasteiger partial charge in [-0.1, -0.05) is 0 Å². The van der Waals surface area contributed by atoms with E-state index in [0.717, 1.165) is 33.2 Å². The average Bonchev–Trinajstić information content (AvgIpc) is 3.07. The first-order valence-corrected chi connectivity index (χ1v) is 6.96. The smallest absolute Gasteiger partial charge is 0.130 e. The van der Waals surface area contributed by atoms with Crippen LogP contribution in [0.1, 0.15) is 0 Å². The second kappa shape index (κ2) is 4.11. The topological polar surface area (TPSA) is 64.7 Å². The number of phenolic OH excluding ortho intramolecular Hbond substituents is 1. The van der Waals surface area contributed by atoms with E-state index in [9.17, 15) is 5.11 Å². The van der Waals surface area contributed by atoms with Crippen molar-refractivity contribution in [2.45, 2.75) is 0 Å². The summed E-state index contributed by atoms with van der Waals surface area (Å²) in [5, 5.41) is 11.9. The van der Waals surface area contributed by atoms with Crippen molar-refractivity contribution in [1.82, 2.24) is 15.0 Å². The molecular weight excluding hydrogens is 318 g/mol. The molecule has 0 aliphatic carbocycles. The van der Waals surface area contributed by atoms with Gasteiger partial charge < -0.3 is 15.1 Å². The lowest BCUT2D eigenvalue weighted by Gasteiger charge is -1.99. The standard InChI is InChI=1S/C15H10BrN3O/c16-10-7-12-9(6-13(10)20)8-3-5-18-15(14(8)19-12)11-2-1-4-17-11/h1-7,17,19-20H. The zero-order valence-electron chi connectivity index (χ0n) is 10.3. The number of phenols is 1. The Balaban J connectivity index is 2.14. The molecule has 1 aromatic carbocycles. The number of rotatable bonds is 1. The first kappa shape index (κ1) is 11.5. The van der Waals surface area contributed by atoms with Crippen LogP contribution < -0.4 is 0 Å². The molecule has 3 aromatic heterocycles. The third kappa shape index (κ3) is 1.56. The lowest BCUT2D eigenvalue weighted by molar-refractivity contribution is 0.473. The van der Waals surface area contributed by atoms with Gasteiger partial charge in [-0.15, -0.1) is 0 Å². The largest absolute Gasteiger partial charge is 0.507 e. The van der Waals surface area contributed by atoms with Crippen molar-refractivity contribution in [3.8, 4) is 17.1 Å². The molecule has 0 amide bonds. The summed E-state index contributed by atoms with van der Waals surface area (Å²) in [4.78, 5) is 11.0. The van der Waals surface area contributed by atoms with E-state index in [-0.39, 0.29) is 5.75 Å². The summed E-state index contributed by atoms with van der Waals surface area (Å²) < 4.78 is 0.672. The van der Waals surface area contributed by atoms with Gasteiger partial charge in [0.1, 0.15) is 11.4 Å². The minimum Gasteiger partial charge on any atom is -0.507 e. The molecule has 4 aromatic rings. The van der Waals surface area contributed by atoms with Crippen LogP contribution >= 0.6 is 15.9 Å². The Bertz CT molecular complexity index is 925. The molecule has 3 heterocycles. The van der Waals surface area contributed by atoms with Gasteiger partial charge in [-0.2, -0.15) is 0 Å². The Labute approximate surface area is 122 Å². The van der Waals surface area contributed by atoms with Gasteiger partial charge >= 0.3 is 0 Å². The highest BCUT2D eigenvalue weighted by Gasteiger charge is 2.12. The molecule has 98 valence electrons. The molecule has 0 fully saturated rings. The summed E-state index contributed by atoms with van der Waals surface area (Å²) in [5.74, 6) is 0.233. The normalized spacial score (nSPS) is 11.4. The van der Waals surface area contributed by atoms with Crippen LogP contribution in [0.25, 0.3) is 33.2 Å². The van der Waals surface area contributed by atoms with E-state index in [2.05, 4.69) is 30.9 Å². The summed E-state index contributed by atoms with van der Waals surface area (Å²) in [7, 11) is 0. The fourth-order valence-electron chi connectivity index (χ4n) is 2.52. The maximum absolute atomic E-state index is 9.87. The van der Waals surface area contributed by atoms with Gasteiger partial charge in [0.2, 0.25) is 0 Å². The van der Waals surface area contributed by atoms with E-state index in [1.807, 2.05) is 30.5 Å². The van der Waals surface area contributed by atoms with E-state index in [4.69, 9.17) is 0 Å². The van der Waals surface area contributed by atoms with Crippen molar-refractivity contribution in [3.05, 3.63) is 47.2 Å². The number of H-pyrrole nitrogens is 2. The summed E-state index contributed by atoms with van der Waals surface area (Å²) in [5.41, 5.74) is 3.76. The fourth-order valence-corrected chi connectivity index (χ4v) is 2.86. The number of halogens is 1. The van der Waals surface area contributed by atoms with Gasteiger partial charge in [0.15, 0.2) is 0 Å². The molecule has 0 aliphatic heterocycles. The number of benzene rings is 1. The van der Waals surface area contributed by atoms with Gasteiger partial charge in [-0.3, -0.25) is 4.98 Å². The SMILES string of the molecule is Oc1cc2c(cc1Br)[nH]c1c(-c3ccc[nH]3)nccc12. The lowest BCUT2D eigenvalue weighted by atomic mass is 10.1. The van der Waals surface area contributed by atoms with E-state index >= 15 is 0 Å². The van der Waals surface area contributed by atoms with E-state index < -0.39 is 0 Å². The maximum Gasteiger partial charge on any atom is 0.130 e. The third-order valence-electron chi connectivity index (χ3n) is 3.44. The summed E-state index contributed by atoms with van der Waals surface area (Å²) in [6, 6.07) is 9.52. The van der Waals surface area contributed by atoms with Crippen molar-refractivity contribution >= 4 is 37.7 Å². The number of hydrogen-bond donors (Lipinski definition) is 3. The Morgan fingerprint density at radius 2 is 2.05 bits per heavy atom. The predicted octanol–water partition coefficient (Wildman–Crippen LogP) is 4.18. The number of nitrogens with zero attached hydrogens (tertiary/aromatic N) is 1. The van der Waals surface area contributed by atoms with Crippen molar-refractivity contribution in [2.24, 2.45) is 0 Å². The maximum atomic E-state index is 9.87. The molecule has 3 N–H and O–H groups in total. The quantitative estimate of drug-likeness (QED) is 0.491.